The van der Waals surface area contributed by atoms with Crippen LogP contribution in [0, 0.1) is 5.82 Å². The van der Waals surface area contributed by atoms with Crippen molar-refractivity contribution in [3.63, 3.8) is 0 Å². The van der Waals surface area contributed by atoms with Crippen molar-refractivity contribution in [1.29, 1.82) is 0 Å². The van der Waals surface area contributed by atoms with Crippen LogP contribution in [0.5, 0.6) is 0 Å². The molecule has 30 heavy (non-hydrogen) atoms. The predicted molar refractivity (Wildman–Crippen MR) is 111 cm³/mol. The monoisotopic (exact) mass is 402 g/mol. The van der Waals surface area contributed by atoms with Gasteiger partial charge in [-0.3, -0.25) is 14.6 Å². The first-order chi connectivity index (χ1) is 14.6. The van der Waals surface area contributed by atoms with E-state index in [1.807, 2.05) is 30.3 Å². The van der Waals surface area contributed by atoms with Crippen LogP contribution in [-0.2, 0) is 24.3 Å². The van der Waals surface area contributed by atoms with Crippen LogP contribution in [0.2, 0.25) is 0 Å². The molecule has 4 rings (SSSR count). The Morgan fingerprint density at radius 2 is 1.70 bits per heavy atom. The molecule has 2 aromatic heterocycles. The highest BCUT2D eigenvalue weighted by atomic mass is 19.1. The molecular weight excluding hydrogens is 383 g/mol. The molecule has 0 spiro atoms. The normalized spacial score (nSPS) is 10.8. The van der Waals surface area contributed by atoms with Crippen molar-refractivity contribution in [2.75, 3.05) is 0 Å². The van der Waals surface area contributed by atoms with Gasteiger partial charge in [0.2, 0.25) is 5.91 Å². The third-order valence-electron chi connectivity index (χ3n) is 4.71. The molecule has 2 heterocycles. The van der Waals surface area contributed by atoms with E-state index in [-0.39, 0.29) is 36.8 Å². The number of halogens is 1. The molecule has 0 fully saturated rings. The molecule has 1 amide bonds. The molecule has 0 aliphatic rings. The molecule has 4 aromatic rings. The number of benzene rings is 2. The van der Waals surface area contributed by atoms with E-state index < -0.39 is 0 Å². The number of aromatic nitrogens is 3. The Balaban J connectivity index is 1.58. The Hall–Kier alpha value is -3.87. The summed E-state index contributed by atoms with van der Waals surface area (Å²) in [6.45, 7) is 0.407. The third kappa shape index (κ3) is 4.41. The van der Waals surface area contributed by atoms with E-state index in [4.69, 9.17) is 0 Å². The van der Waals surface area contributed by atoms with Crippen LogP contribution in [0.15, 0.2) is 77.7 Å². The van der Waals surface area contributed by atoms with E-state index in [9.17, 15) is 14.0 Å². The second-order valence-electron chi connectivity index (χ2n) is 6.86. The average Bonchev–Trinajstić information content (AvgIpc) is 2.77. The summed E-state index contributed by atoms with van der Waals surface area (Å²) in [6.07, 6.45) is 1.80. The Morgan fingerprint density at radius 1 is 0.967 bits per heavy atom. The lowest BCUT2D eigenvalue weighted by atomic mass is 10.1. The summed E-state index contributed by atoms with van der Waals surface area (Å²) in [6, 6.07) is 18.5. The number of nitrogens with zero attached hydrogens (tertiary/aromatic N) is 3. The van der Waals surface area contributed by atoms with Gasteiger partial charge in [0.1, 0.15) is 5.82 Å². The van der Waals surface area contributed by atoms with Crippen LogP contribution in [0.3, 0.4) is 0 Å². The topological polar surface area (TPSA) is 76.9 Å². The van der Waals surface area contributed by atoms with Crippen molar-refractivity contribution in [3.05, 3.63) is 106 Å². The van der Waals surface area contributed by atoms with Gasteiger partial charge >= 0.3 is 0 Å². The molecule has 0 aliphatic carbocycles. The first-order valence-corrected chi connectivity index (χ1v) is 9.50. The Kier molecular flexibility index (Phi) is 5.61. The van der Waals surface area contributed by atoms with Crippen molar-refractivity contribution in [2.45, 2.75) is 19.5 Å². The first kappa shape index (κ1) is 19.4. The van der Waals surface area contributed by atoms with Crippen molar-refractivity contribution >= 4 is 16.7 Å². The van der Waals surface area contributed by atoms with Gasteiger partial charge in [0, 0.05) is 11.6 Å². The molecule has 150 valence electrons. The quantitative estimate of drug-likeness (QED) is 0.538. The molecule has 1 N–H and O–H groups in total. The number of nitrogens with one attached hydrogen (secondary N) is 1. The maximum atomic E-state index is 13.0. The molecular formula is C23H19FN4O2. The molecule has 7 heteroatoms. The van der Waals surface area contributed by atoms with Crippen molar-refractivity contribution in [1.82, 2.24) is 20.1 Å². The highest BCUT2D eigenvalue weighted by molar-refractivity contribution is 5.84. The van der Waals surface area contributed by atoms with E-state index in [1.165, 1.54) is 16.8 Å². The molecule has 0 saturated carbocycles. The predicted octanol–water partition coefficient (Wildman–Crippen LogP) is 2.84. The molecule has 0 aliphatic heterocycles. The smallest absolute Gasteiger partial charge is 0.275 e. The number of carbonyl (C=O) groups is 1. The Morgan fingerprint density at radius 3 is 2.43 bits per heavy atom. The fourth-order valence-electron chi connectivity index (χ4n) is 3.22. The molecule has 6 nitrogen and oxygen atoms in total. The SMILES string of the molecule is O=C(Cc1ccc(F)cc1)NCc1nn(Cc2ccccn2)c(=O)c2ccccc12. The minimum atomic E-state index is -0.343. The maximum absolute atomic E-state index is 13.0. The van der Waals surface area contributed by atoms with Gasteiger partial charge in [-0.2, -0.15) is 5.10 Å². The summed E-state index contributed by atoms with van der Waals surface area (Å²) < 4.78 is 14.4. The van der Waals surface area contributed by atoms with E-state index in [2.05, 4.69) is 15.4 Å². The lowest BCUT2D eigenvalue weighted by Crippen LogP contribution is -2.29. The lowest BCUT2D eigenvalue weighted by Gasteiger charge is -2.12. The highest BCUT2D eigenvalue weighted by Gasteiger charge is 2.12. The number of rotatable bonds is 6. The van der Waals surface area contributed by atoms with Gasteiger partial charge in [-0.05, 0) is 35.9 Å². The standard InChI is InChI=1S/C23H19FN4O2/c24-17-10-8-16(9-11-17)13-22(29)26-14-21-19-6-1-2-7-20(19)23(30)28(27-21)15-18-5-3-4-12-25-18/h1-12H,13-15H2,(H,26,29). The lowest BCUT2D eigenvalue weighted by molar-refractivity contribution is -0.120. The summed E-state index contributed by atoms with van der Waals surface area (Å²) in [5.74, 6) is -0.556. The van der Waals surface area contributed by atoms with Crippen LogP contribution in [0.4, 0.5) is 4.39 Å². The minimum absolute atomic E-state index is 0.131. The number of hydrogen-bond donors (Lipinski definition) is 1. The van der Waals surface area contributed by atoms with Gasteiger partial charge in [-0.15, -0.1) is 0 Å². The molecule has 0 saturated heterocycles. The third-order valence-corrected chi connectivity index (χ3v) is 4.71. The minimum Gasteiger partial charge on any atom is -0.350 e. The maximum Gasteiger partial charge on any atom is 0.275 e. The first-order valence-electron chi connectivity index (χ1n) is 9.50. The number of fused-ring (bicyclic) bond motifs is 1. The van der Waals surface area contributed by atoms with E-state index in [0.717, 1.165) is 0 Å². The number of pyridine rings is 1. The zero-order valence-electron chi connectivity index (χ0n) is 16.1. The number of amides is 1. The van der Waals surface area contributed by atoms with Crippen LogP contribution in [-0.4, -0.2) is 20.7 Å². The van der Waals surface area contributed by atoms with E-state index in [1.54, 1.807) is 30.5 Å². The van der Waals surface area contributed by atoms with Gasteiger partial charge < -0.3 is 5.32 Å². The Bertz CT molecular complexity index is 1240. The average molecular weight is 402 g/mol. The van der Waals surface area contributed by atoms with Gasteiger partial charge in [0.25, 0.3) is 5.56 Å². The van der Waals surface area contributed by atoms with Crippen LogP contribution in [0.1, 0.15) is 17.0 Å². The molecule has 2 aromatic carbocycles. The second kappa shape index (κ2) is 8.65. The summed E-state index contributed by atoms with van der Waals surface area (Å²) in [4.78, 5) is 29.4. The summed E-state index contributed by atoms with van der Waals surface area (Å²) >= 11 is 0. The van der Waals surface area contributed by atoms with Crippen LogP contribution in [0.25, 0.3) is 10.8 Å². The van der Waals surface area contributed by atoms with E-state index >= 15 is 0 Å². The zero-order valence-corrected chi connectivity index (χ0v) is 16.1. The zero-order chi connectivity index (χ0) is 20.9. The molecule has 0 atom stereocenters. The van der Waals surface area contributed by atoms with Crippen LogP contribution < -0.4 is 10.9 Å². The highest BCUT2D eigenvalue weighted by Crippen LogP contribution is 2.14. The summed E-state index contributed by atoms with van der Waals surface area (Å²) in [5.41, 5.74) is 1.81. The second-order valence-corrected chi connectivity index (χ2v) is 6.86. The van der Waals surface area contributed by atoms with Gasteiger partial charge in [-0.25, -0.2) is 9.07 Å². The Labute approximate surface area is 172 Å². The van der Waals surface area contributed by atoms with Crippen molar-refractivity contribution in [2.24, 2.45) is 0 Å². The van der Waals surface area contributed by atoms with Crippen molar-refractivity contribution in [3.8, 4) is 0 Å². The fourth-order valence-corrected chi connectivity index (χ4v) is 3.22. The van der Waals surface area contributed by atoms with E-state index in [0.29, 0.717) is 27.7 Å². The summed E-state index contributed by atoms with van der Waals surface area (Å²) in [7, 11) is 0. The van der Waals surface area contributed by atoms with Gasteiger partial charge in [0.05, 0.1) is 36.3 Å². The fraction of sp³-hybridized carbons (Fsp3) is 0.130. The number of carbonyl (C=O) groups excluding carboxylic acids is 1. The largest absolute Gasteiger partial charge is 0.350 e. The summed E-state index contributed by atoms with van der Waals surface area (Å²) in [5, 5.41) is 8.55. The van der Waals surface area contributed by atoms with Gasteiger partial charge in [0.15, 0.2) is 0 Å². The number of hydrogen-bond acceptors (Lipinski definition) is 4. The van der Waals surface area contributed by atoms with Crippen molar-refractivity contribution < 1.29 is 9.18 Å². The van der Waals surface area contributed by atoms with Crippen LogP contribution >= 0.6 is 0 Å². The molecule has 0 radical (unpaired) electrons. The van der Waals surface area contributed by atoms with Gasteiger partial charge in [-0.1, -0.05) is 36.4 Å². The molecule has 0 bridgehead atoms. The molecule has 0 unspecified atom stereocenters.